The molecule has 0 radical (unpaired) electrons. The molecule has 1 saturated heterocycles. The van der Waals surface area contributed by atoms with Crippen LogP contribution in [0.25, 0.3) is 0 Å². The van der Waals surface area contributed by atoms with Gasteiger partial charge in [-0.1, -0.05) is 6.92 Å². The molecule has 0 atom stereocenters. The molecule has 0 aromatic carbocycles. The molecule has 0 spiro atoms. The highest BCUT2D eigenvalue weighted by atomic mass is 127. The van der Waals surface area contributed by atoms with Crippen LogP contribution in [0.3, 0.4) is 0 Å². The molecule has 3 heterocycles. The summed E-state index contributed by atoms with van der Waals surface area (Å²) in [6.45, 7) is 8.39. The second-order valence-electron chi connectivity index (χ2n) is 6.43. The highest BCUT2D eigenvalue weighted by Crippen LogP contribution is 2.30. The van der Waals surface area contributed by atoms with Crippen molar-refractivity contribution in [3.8, 4) is 0 Å². The van der Waals surface area contributed by atoms with Crippen molar-refractivity contribution in [1.29, 1.82) is 0 Å². The number of rotatable bonds is 6. The molecule has 1 N–H and O–H groups in total. The summed E-state index contributed by atoms with van der Waals surface area (Å²) in [5, 5.41) is 5.73. The number of halogens is 4. The standard InChI is InChI=1S/C17H24F3N7S2.HI/c1-3-13-24-16(29-25-13)27-9-7-26(8-10-27)15(21-4-2)22-6-5-14-23-12(11-28-14)17(18,19)20;/h11H,3-10H2,1-2H3,(H,21,22);1H. The molecule has 0 bridgehead atoms. The van der Waals surface area contributed by atoms with Gasteiger partial charge in [-0.15, -0.1) is 35.3 Å². The van der Waals surface area contributed by atoms with Crippen LogP contribution in [-0.2, 0) is 19.0 Å². The van der Waals surface area contributed by atoms with E-state index in [4.69, 9.17) is 0 Å². The van der Waals surface area contributed by atoms with Crippen LogP contribution in [0, 0.1) is 0 Å². The summed E-state index contributed by atoms with van der Waals surface area (Å²) >= 11 is 2.46. The van der Waals surface area contributed by atoms with Crippen molar-refractivity contribution in [2.75, 3.05) is 44.2 Å². The Balaban J connectivity index is 0.00000320. The number of guanidine groups is 1. The fourth-order valence-electron chi connectivity index (χ4n) is 2.87. The number of thiazole rings is 1. The van der Waals surface area contributed by atoms with Crippen molar-refractivity contribution in [3.63, 3.8) is 0 Å². The number of aliphatic imine (C=N–C) groups is 1. The summed E-state index contributed by atoms with van der Waals surface area (Å²) in [4.78, 5) is 17.2. The zero-order valence-electron chi connectivity index (χ0n) is 16.8. The Morgan fingerprint density at radius 3 is 2.50 bits per heavy atom. The van der Waals surface area contributed by atoms with Gasteiger partial charge in [-0.05, 0) is 6.92 Å². The number of piperazine rings is 1. The Morgan fingerprint density at radius 2 is 1.93 bits per heavy atom. The van der Waals surface area contributed by atoms with Crippen LogP contribution in [0.15, 0.2) is 10.4 Å². The summed E-state index contributed by atoms with van der Waals surface area (Å²) in [6, 6.07) is 0. The van der Waals surface area contributed by atoms with Gasteiger partial charge < -0.3 is 15.1 Å². The average Bonchev–Trinajstić information content (AvgIpc) is 3.37. The van der Waals surface area contributed by atoms with Gasteiger partial charge in [0, 0.05) is 69.0 Å². The van der Waals surface area contributed by atoms with Gasteiger partial charge in [-0.2, -0.15) is 17.5 Å². The summed E-state index contributed by atoms with van der Waals surface area (Å²) in [5.41, 5.74) is -0.826. The number of nitrogens with zero attached hydrogens (tertiary/aromatic N) is 6. The Labute approximate surface area is 199 Å². The first-order valence-electron chi connectivity index (χ1n) is 9.53. The van der Waals surface area contributed by atoms with Crippen molar-refractivity contribution < 1.29 is 13.2 Å². The number of nitrogens with one attached hydrogen (secondary N) is 1. The monoisotopic (exact) mass is 575 g/mol. The Morgan fingerprint density at radius 1 is 1.20 bits per heavy atom. The zero-order valence-corrected chi connectivity index (χ0v) is 20.7. The van der Waals surface area contributed by atoms with Crippen molar-refractivity contribution >= 4 is 57.9 Å². The minimum atomic E-state index is -4.39. The maximum atomic E-state index is 12.7. The maximum Gasteiger partial charge on any atom is 0.434 e. The maximum absolute atomic E-state index is 12.7. The number of alkyl halides is 3. The van der Waals surface area contributed by atoms with Gasteiger partial charge in [0.25, 0.3) is 0 Å². The Hall–Kier alpha value is -1.22. The minimum Gasteiger partial charge on any atom is -0.357 e. The number of aryl methyl sites for hydroxylation is 1. The highest BCUT2D eigenvalue weighted by molar-refractivity contribution is 14.0. The lowest BCUT2D eigenvalue weighted by molar-refractivity contribution is -0.140. The molecular weight excluding hydrogens is 550 g/mol. The lowest BCUT2D eigenvalue weighted by Crippen LogP contribution is -2.52. The van der Waals surface area contributed by atoms with E-state index in [1.165, 1.54) is 11.5 Å². The second kappa shape index (κ2) is 11.4. The zero-order chi connectivity index (χ0) is 20.9. The van der Waals surface area contributed by atoms with Crippen molar-refractivity contribution in [3.05, 3.63) is 21.9 Å². The van der Waals surface area contributed by atoms with Crippen molar-refractivity contribution in [1.82, 2.24) is 24.6 Å². The van der Waals surface area contributed by atoms with E-state index in [-0.39, 0.29) is 24.0 Å². The van der Waals surface area contributed by atoms with Gasteiger partial charge in [0.1, 0.15) is 5.82 Å². The molecule has 7 nitrogen and oxygen atoms in total. The molecule has 0 unspecified atom stereocenters. The van der Waals surface area contributed by atoms with Gasteiger partial charge in [-0.3, -0.25) is 4.99 Å². The van der Waals surface area contributed by atoms with E-state index in [0.717, 1.165) is 72.8 Å². The highest BCUT2D eigenvalue weighted by Gasteiger charge is 2.33. The van der Waals surface area contributed by atoms with E-state index in [1.54, 1.807) is 0 Å². The molecule has 13 heteroatoms. The summed E-state index contributed by atoms with van der Waals surface area (Å²) in [6.07, 6.45) is -3.17. The smallest absolute Gasteiger partial charge is 0.357 e. The molecule has 1 aliphatic heterocycles. The van der Waals surface area contributed by atoms with Crippen molar-refractivity contribution in [2.24, 2.45) is 4.99 Å². The van der Waals surface area contributed by atoms with E-state index in [9.17, 15) is 13.2 Å². The van der Waals surface area contributed by atoms with Crippen LogP contribution in [-0.4, -0.2) is 64.5 Å². The summed E-state index contributed by atoms with van der Waals surface area (Å²) in [7, 11) is 0. The van der Waals surface area contributed by atoms with E-state index in [1.807, 2.05) is 13.8 Å². The summed E-state index contributed by atoms with van der Waals surface area (Å²) in [5.74, 6) is 1.66. The second-order valence-corrected chi connectivity index (χ2v) is 8.10. The molecule has 0 aliphatic carbocycles. The van der Waals surface area contributed by atoms with Crippen molar-refractivity contribution in [2.45, 2.75) is 32.9 Å². The van der Waals surface area contributed by atoms with Crippen LogP contribution in [0.2, 0.25) is 0 Å². The lowest BCUT2D eigenvalue weighted by Gasteiger charge is -2.36. The van der Waals surface area contributed by atoms with Crippen LogP contribution in [0.5, 0.6) is 0 Å². The molecule has 2 aromatic heterocycles. The molecule has 168 valence electrons. The quantitative estimate of drug-likeness (QED) is 0.323. The molecular formula is C17H25F3IN7S2. The summed E-state index contributed by atoms with van der Waals surface area (Å²) < 4.78 is 42.3. The Kier molecular flexibility index (Phi) is 9.53. The topological polar surface area (TPSA) is 69.5 Å². The van der Waals surface area contributed by atoms with Gasteiger partial charge in [0.05, 0.1) is 5.01 Å². The largest absolute Gasteiger partial charge is 0.434 e. The number of anilines is 1. The van der Waals surface area contributed by atoms with Gasteiger partial charge in [0.15, 0.2) is 11.7 Å². The van der Waals surface area contributed by atoms with Gasteiger partial charge in [-0.25, -0.2) is 9.97 Å². The average molecular weight is 575 g/mol. The fraction of sp³-hybridized carbons (Fsp3) is 0.647. The predicted molar refractivity (Wildman–Crippen MR) is 125 cm³/mol. The number of hydrogen-bond donors (Lipinski definition) is 1. The molecule has 0 saturated carbocycles. The molecule has 0 amide bonds. The first kappa shape index (κ1) is 25.0. The predicted octanol–water partition coefficient (Wildman–Crippen LogP) is 3.52. The number of aromatic nitrogens is 3. The van der Waals surface area contributed by atoms with E-state index < -0.39 is 11.9 Å². The molecule has 1 aliphatic rings. The van der Waals surface area contributed by atoms with E-state index in [2.05, 4.69) is 34.5 Å². The normalized spacial score (nSPS) is 15.3. The van der Waals surface area contributed by atoms with Crippen LogP contribution in [0.4, 0.5) is 18.3 Å². The molecule has 1 fully saturated rings. The van der Waals surface area contributed by atoms with Gasteiger partial charge >= 0.3 is 6.18 Å². The Bertz CT molecular complexity index is 816. The SMILES string of the molecule is CCNC(=NCCc1nc(C(F)(F)F)cs1)N1CCN(c2nc(CC)ns2)CC1.I. The lowest BCUT2D eigenvalue weighted by atomic mass is 10.3. The van der Waals surface area contributed by atoms with E-state index in [0.29, 0.717) is 18.0 Å². The molecule has 30 heavy (non-hydrogen) atoms. The first-order valence-corrected chi connectivity index (χ1v) is 11.2. The van der Waals surface area contributed by atoms with Gasteiger partial charge in [0.2, 0.25) is 5.13 Å². The van der Waals surface area contributed by atoms with Crippen LogP contribution in [0.1, 0.15) is 30.4 Å². The fourth-order valence-corrected chi connectivity index (χ4v) is 4.46. The first-order chi connectivity index (χ1) is 13.9. The van der Waals surface area contributed by atoms with Crippen LogP contribution < -0.4 is 10.2 Å². The third-order valence-corrected chi connectivity index (χ3v) is 6.11. The minimum absolute atomic E-state index is 0. The third kappa shape index (κ3) is 6.64. The molecule has 2 aromatic rings. The molecule has 3 rings (SSSR count). The number of hydrogen-bond acceptors (Lipinski definition) is 7. The van der Waals surface area contributed by atoms with E-state index >= 15 is 0 Å². The third-order valence-electron chi connectivity index (χ3n) is 4.39. The van der Waals surface area contributed by atoms with Crippen LogP contribution >= 0.6 is 46.8 Å².